The predicted molar refractivity (Wildman–Crippen MR) is 137 cm³/mol. The van der Waals surface area contributed by atoms with Crippen molar-refractivity contribution in [3.05, 3.63) is 35.9 Å². The zero-order chi connectivity index (χ0) is 24.6. The second kappa shape index (κ2) is 23.4. The molecule has 0 aliphatic rings. The summed E-state index contributed by atoms with van der Waals surface area (Å²) >= 11 is 6.39. The van der Waals surface area contributed by atoms with E-state index in [0.29, 0.717) is 12.0 Å². The van der Waals surface area contributed by atoms with Gasteiger partial charge < -0.3 is 20.0 Å². The summed E-state index contributed by atoms with van der Waals surface area (Å²) in [6.07, 6.45) is 12.8. The molecule has 0 heterocycles. The van der Waals surface area contributed by atoms with Crippen LogP contribution in [0.2, 0.25) is 0 Å². The lowest BCUT2D eigenvalue weighted by Crippen LogP contribution is -2.42. The number of alkyl halides is 1. The molecule has 1 aromatic carbocycles. The SMILES string of the molecule is CCCCCCCCCCCCSCC(NC(=O)OCc1ccccc1)C(=O)O.O=CCCl. The Kier molecular flexibility index (Phi) is 22.2. The van der Waals surface area contributed by atoms with E-state index in [-0.39, 0.29) is 12.5 Å². The summed E-state index contributed by atoms with van der Waals surface area (Å²) in [4.78, 5) is 32.2. The van der Waals surface area contributed by atoms with E-state index in [1.807, 2.05) is 30.3 Å². The lowest BCUT2D eigenvalue weighted by molar-refractivity contribution is -0.138. The van der Waals surface area contributed by atoms with Crippen LogP contribution in [0.3, 0.4) is 0 Å². The number of carboxylic acids is 1. The first kappa shape index (κ1) is 31.3. The third-order valence-electron chi connectivity index (χ3n) is 4.79. The molecule has 1 rings (SSSR count). The van der Waals surface area contributed by atoms with Gasteiger partial charge in [-0.15, -0.1) is 11.6 Å². The summed E-state index contributed by atoms with van der Waals surface area (Å²) < 4.78 is 5.10. The number of rotatable bonds is 18. The number of aldehydes is 1. The van der Waals surface area contributed by atoms with Gasteiger partial charge in [-0.25, -0.2) is 9.59 Å². The zero-order valence-electron chi connectivity index (χ0n) is 19.8. The Morgan fingerprint density at radius 3 is 2.09 bits per heavy atom. The molecule has 1 aromatic rings. The molecule has 0 saturated heterocycles. The third-order valence-corrected chi connectivity index (χ3v) is 6.07. The summed E-state index contributed by atoms with van der Waals surface area (Å²) in [5.74, 6) is 0.353. The number of halogens is 1. The number of aliphatic carboxylic acids is 1. The van der Waals surface area contributed by atoms with Crippen molar-refractivity contribution in [2.75, 3.05) is 17.4 Å². The Labute approximate surface area is 208 Å². The summed E-state index contributed by atoms with van der Waals surface area (Å²) in [6.45, 7) is 2.37. The first-order valence-corrected chi connectivity index (χ1v) is 13.5. The molecule has 0 saturated carbocycles. The molecule has 0 aliphatic heterocycles. The monoisotopic (exact) mass is 501 g/mol. The van der Waals surface area contributed by atoms with Gasteiger partial charge in [-0.3, -0.25) is 0 Å². The number of hydrogen-bond acceptors (Lipinski definition) is 5. The smallest absolute Gasteiger partial charge is 0.408 e. The summed E-state index contributed by atoms with van der Waals surface area (Å²) in [5.41, 5.74) is 0.866. The maximum absolute atomic E-state index is 11.8. The molecular formula is C25H40ClNO5S. The van der Waals surface area contributed by atoms with Gasteiger partial charge in [0.05, 0.1) is 5.88 Å². The van der Waals surface area contributed by atoms with E-state index in [0.717, 1.165) is 17.7 Å². The van der Waals surface area contributed by atoms with Crippen molar-refractivity contribution >= 4 is 41.7 Å². The maximum Gasteiger partial charge on any atom is 0.408 e. The summed E-state index contributed by atoms with van der Waals surface area (Å²) in [7, 11) is 0. The summed E-state index contributed by atoms with van der Waals surface area (Å²) in [5, 5.41) is 11.7. The highest BCUT2D eigenvalue weighted by molar-refractivity contribution is 7.99. The van der Waals surface area contributed by atoms with E-state index in [1.165, 1.54) is 57.8 Å². The Hall–Kier alpha value is -1.73. The van der Waals surface area contributed by atoms with E-state index in [2.05, 4.69) is 12.2 Å². The number of carbonyl (C=O) groups is 3. The fraction of sp³-hybridized carbons (Fsp3) is 0.640. The van der Waals surface area contributed by atoms with Crippen LogP contribution in [-0.4, -0.2) is 46.9 Å². The second-order valence-electron chi connectivity index (χ2n) is 7.67. The molecular weight excluding hydrogens is 462 g/mol. The first-order valence-electron chi connectivity index (χ1n) is 11.8. The van der Waals surface area contributed by atoms with Crippen LogP contribution in [0.25, 0.3) is 0 Å². The normalized spacial score (nSPS) is 11.1. The highest BCUT2D eigenvalue weighted by Crippen LogP contribution is 2.13. The van der Waals surface area contributed by atoms with E-state index in [9.17, 15) is 14.7 Å². The van der Waals surface area contributed by atoms with Crippen molar-refractivity contribution in [3.63, 3.8) is 0 Å². The van der Waals surface area contributed by atoms with Gasteiger partial charge in [0.25, 0.3) is 0 Å². The van der Waals surface area contributed by atoms with E-state index < -0.39 is 18.1 Å². The van der Waals surface area contributed by atoms with Crippen LogP contribution in [0.1, 0.15) is 76.7 Å². The van der Waals surface area contributed by atoms with E-state index >= 15 is 0 Å². The third kappa shape index (κ3) is 20.6. The Morgan fingerprint density at radius 2 is 1.58 bits per heavy atom. The number of carbonyl (C=O) groups excluding carboxylic acids is 2. The largest absolute Gasteiger partial charge is 0.480 e. The topological polar surface area (TPSA) is 92.7 Å². The number of nitrogens with one attached hydrogen (secondary N) is 1. The van der Waals surface area contributed by atoms with Gasteiger partial charge in [0, 0.05) is 5.75 Å². The fourth-order valence-electron chi connectivity index (χ4n) is 2.97. The van der Waals surface area contributed by atoms with Crippen LogP contribution < -0.4 is 5.32 Å². The van der Waals surface area contributed by atoms with Gasteiger partial charge >= 0.3 is 12.1 Å². The van der Waals surface area contributed by atoms with Gasteiger partial charge in [-0.05, 0) is 17.7 Å². The molecule has 188 valence electrons. The van der Waals surface area contributed by atoms with Crippen molar-refractivity contribution in [2.45, 2.75) is 83.8 Å². The Morgan fingerprint density at radius 1 is 1.03 bits per heavy atom. The standard InChI is InChI=1S/C23H37NO4S.C2H3ClO/c1-2-3-4-5-6-7-8-9-10-14-17-29-19-21(22(25)26)24-23(27)28-18-20-15-12-11-13-16-20;3-1-2-4/h11-13,15-16,21H,2-10,14,17-19H2,1H3,(H,24,27)(H,25,26);2H,1H2. The quantitative estimate of drug-likeness (QED) is 0.136. The lowest BCUT2D eigenvalue weighted by Gasteiger charge is -2.14. The fourth-order valence-corrected chi connectivity index (χ4v) is 4.01. The number of thioether (sulfide) groups is 1. The molecule has 0 bridgehead atoms. The van der Waals surface area contributed by atoms with Crippen molar-refractivity contribution in [1.29, 1.82) is 0 Å². The van der Waals surface area contributed by atoms with Crippen LogP contribution in [0.15, 0.2) is 30.3 Å². The number of carboxylic acid groups (broad SMARTS) is 1. The molecule has 0 aliphatic carbocycles. The molecule has 1 atom stereocenters. The van der Waals surface area contributed by atoms with Gasteiger partial charge in [0.2, 0.25) is 0 Å². The number of amides is 1. The van der Waals surface area contributed by atoms with Crippen LogP contribution in [0.4, 0.5) is 4.79 Å². The van der Waals surface area contributed by atoms with Crippen LogP contribution in [-0.2, 0) is 20.9 Å². The minimum Gasteiger partial charge on any atom is -0.480 e. The molecule has 0 spiro atoms. The molecule has 0 fully saturated rings. The summed E-state index contributed by atoms with van der Waals surface area (Å²) in [6, 6.07) is 8.39. The van der Waals surface area contributed by atoms with E-state index in [1.54, 1.807) is 11.8 Å². The minimum absolute atomic E-state index is 0.111. The van der Waals surface area contributed by atoms with Crippen LogP contribution >= 0.6 is 23.4 Å². The van der Waals surface area contributed by atoms with Crippen molar-refractivity contribution < 1.29 is 24.2 Å². The maximum atomic E-state index is 11.8. The van der Waals surface area contributed by atoms with Gasteiger partial charge in [-0.2, -0.15) is 11.8 Å². The van der Waals surface area contributed by atoms with Crippen LogP contribution in [0, 0.1) is 0 Å². The zero-order valence-corrected chi connectivity index (χ0v) is 21.4. The van der Waals surface area contributed by atoms with Gasteiger partial charge in [0.15, 0.2) is 0 Å². The highest BCUT2D eigenvalue weighted by Gasteiger charge is 2.20. The molecule has 33 heavy (non-hydrogen) atoms. The molecule has 1 amide bonds. The molecule has 1 unspecified atom stereocenters. The number of unbranched alkanes of at least 4 members (excludes halogenated alkanes) is 9. The van der Waals surface area contributed by atoms with Crippen LogP contribution in [0.5, 0.6) is 0 Å². The van der Waals surface area contributed by atoms with Crippen molar-refractivity contribution in [3.8, 4) is 0 Å². The number of ether oxygens (including phenoxy) is 1. The molecule has 8 heteroatoms. The Bertz CT molecular complexity index is 618. The number of hydrogen-bond donors (Lipinski definition) is 2. The lowest BCUT2D eigenvalue weighted by atomic mass is 10.1. The molecule has 6 nitrogen and oxygen atoms in total. The number of alkyl carbamates (subject to hydrolysis) is 1. The van der Waals surface area contributed by atoms with E-state index in [4.69, 9.17) is 21.1 Å². The average Bonchev–Trinajstić information content (AvgIpc) is 2.83. The Balaban J connectivity index is 0.00000235. The number of benzene rings is 1. The molecule has 0 radical (unpaired) electrons. The predicted octanol–water partition coefficient (Wildman–Crippen LogP) is 6.44. The minimum atomic E-state index is -1.03. The van der Waals surface area contributed by atoms with Crippen molar-refractivity contribution in [2.24, 2.45) is 0 Å². The molecule has 0 aromatic heterocycles. The van der Waals surface area contributed by atoms with Gasteiger partial charge in [-0.1, -0.05) is 95.0 Å². The molecule has 2 N–H and O–H groups in total. The van der Waals surface area contributed by atoms with Gasteiger partial charge in [0.1, 0.15) is 18.9 Å². The van der Waals surface area contributed by atoms with Crippen molar-refractivity contribution in [1.82, 2.24) is 5.32 Å². The highest BCUT2D eigenvalue weighted by atomic mass is 35.5. The second-order valence-corrected chi connectivity index (χ2v) is 9.13. The first-order chi connectivity index (χ1) is 16.0. The average molecular weight is 502 g/mol.